The lowest BCUT2D eigenvalue weighted by Crippen LogP contribution is -2.48. The molecule has 220 valence electrons. The highest BCUT2D eigenvalue weighted by Crippen LogP contribution is 2.59. The van der Waals surface area contributed by atoms with Crippen molar-refractivity contribution in [2.45, 2.75) is 170 Å². The molecule has 2 fully saturated rings. The maximum atomic E-state index is 12.5. The molecule has 0 aliphatic heterocycles. The van der Waals surface area contributed by atoms with Crippen molar-refractivity contribution in [1.29, 1.82) is 0 Å². The van der Waals surface area contributed by atoms with Crippen molar-refractivity contribution in [2.24, 2.45) is 40.9 Å². The van der Waals surface area contributed by atoms with Gasteiger partial charge in [0.05, 0.1) is 0 Å². The maximum Gasteiger partial charge on any atom is 0.306 e. The van der Waals surface area contributed by atoms with Gasteiger partial charge in [0, 0.05) is 12.8 Å². The highest BCUT2D eigenvalue weighted by molar-refractivity contribution is 5.69. The SMILES string of the molecule is CCCCCCCCC(=O)O[C@H]1CC[C@@]2(C)C(=CC[C@H]3[C@H](CCCC(C)CCCC(C)C)[C@H](C)CC[C@@H]32)C1. The predicted molar refractivity (Wildman–Crippen MR) is 163 cm³/mol. The number of carbonyl (C=O) groups is 1. The van der Waals surface area contributed by atoms with E-state index in [1.807, 2.05) is 0 Å². The van der Waals surface area contributed by atoms with Crippen LogP contribution in [0.1, 0.15) is 164 Å². The summed E-state index contributed by atoms with van der Waals surface area (Å²) in [5.74, 6) is 5.28. The Morgan fingerprint density at radius 1 is 0.974 bits per heavy atom. The van der Waals surface area contributed by atoms with E-state index in [0.29, 0.717) is 11.8 Å². The summed E-state index contributed by atoms with van der Waals surface area (Å²) in [6.07, 6.45) is 26.5. The van der Waals surface area contributed by atoms with Crippen LogP contribution in [-0.4, -0.2) is 12.1 Å². The topological polar surface area (TPSA) is 26.3 Å². The smallest absolute Gasteiger partial charge is 0.306 e. The molecular formula is C36H64O2. The Labute approximate surface area is 237 Å². The van der Waals surface area contributed by atoms with Crippen molar-refractivity contribution in [3.05, 3.63) is 11.6 Å². The molecule has 3 rings (SSSR count). The third-order valence-corrected chi connectivity index (χ3v) is 11.1. The van der Waals surface area contributed by atoms with Crippen LogP contribution in [0.5, 0.6) is 0 Å². The fourth-order valence-corrected chi connectivity index (χ4v) is 8.56. The van der Waals surface area contributed by atoms with E-state index in [1.54, 1.807) is 5.57 Å². The zero-order valence-corrected chi connectivity index (χ0v) is 26.4. The monoisotopic (exact) mass is 528 g/mol. The zero-order chi connectivity index (χ0) is 27.5. The number of hydrogen-bond acceptors (Lipinski definition) is 2. The number of unbranched alkanes of at least 4 members (excludes halogenated alkanes) is 5. The van der Waals surface area contributed by atoms with E-state index in [1.165, 1.54) is 96.3 Å². The van der Waals surface area contributed by atoms with E-state index in [-0.39, 0.29) is 12.1 Å². The molecule has 0 saturated heterocycles. The summed E-state index contributed by atoms with van der Waals surface area (Å²) in [6.45, 7) is 14.6. The van der Waals surface area contributed by atoms with Crippen LogP contribution < -0.4 is 0 Å². The van der Waals surface area contributed by atoms with E-state index >= 15 is 0 Å². The summed E-state index contributed by atoms with van der Waals surface area (Å²) in [6, 6.07) is 0. The molecule has 2 nitrogen and oxygen atoms in total. The summed E-state index contributed by atoms with van der Waals surface area (Å²) < 4.78 is 6.02. The first-order chi connectivity index (χ1) is 18.2. The van der Waals surface area contributed by atoms with Crippen LogP contribution in [0.25, 0.3) is 0 Å². The summed E-state index contributed by atoms with van der Waals surface area (Å²) in [4.78, 5) is 12.5. The van der Waals surface area contributed by atoms with Crippen molar-refractivity contribution >= 4 is 5.97 Å². The van der Waals surface area contributed by atoms with Gasteiger partial charge < -0.3 is 4.74 Å². The Bertz CT molecular complexity index is 723. The lowest BCUT2D eigenvalue weighted by atomic mass is 9.50. The van der Waals surface area contributed by atoms with Crippen LogP contribution in [0, 0.1) is 40.9 Å². The molecule has 0 bridgehead atoms. The number of ether oxygens (including phenoxy) is 1. The molecule has 0 aromatic heterocycles. The van der Waals surface area contributed by atoms with Crippen molar-refractivity contribution in [2.75, 3.05) is 0 Å². The van der Waals surface area contributed by atoms with Gasteiger partial charge in [0.25, 0.3) is 0 Å². The van der Waals surface area contributed by atoms with Gasteiger partial charge in [-0.05, 0) is 79.4 Å². The highest BCUT2D eigenvalue weighted by Gasteiger charge is 2.51. The zero-order valence-electron chi connectivity index (χ0n) is 26.4. The maximum absolute atomic E-state index is 12.5. The second kappa shape index (κ2) is 15.9. The molecule has 38 heavy (non-hydrogen) atoms. The van der Waals surface area contributed by atoms with Gasteiger partial charge in [-0.2, -0.15) is 0 Å². The number of esters is 1. The van der Waals surface area contributed by atoms with Crippen LogP contribution >= 0.6 is 0 Å². The van der Waals surface area contributed by atoms with Gasteiger partial charge in [-0.25, -0.2) is 0 Å². The standard InChI is InChI=1S/C36H64O2/c1-7-8-9-10-11-12-19-35(37)38-31-24-25-36(6)30(26-31)21-22-33-32(29(5)20-23-34(33)36)18-14-17-28(4)16-13-15-27(2)3/h21,27-29,31-34H,7-20,22-26H2,1-6H3/t28?,29-,31+,32-,33+,34+,36+/m1/s1. The minimum Gasteiger partial charge on any atom is -0.462 e. The quantitative estimate of drug-likeness (QED) is 0.113. The molecule has 1 unspecified atom stereocenters. The normalized spacial score (nSPS) is 31.9. The Morgan fingerprint density at radius 3 is 2.47 bits per heavy atom. The molecule has 0 aromatic rings. The number of hydrogen-bond donors (Lipinski definition) is 0. The minimum atomic E-state index is 0.0494. The lowest BCUT2D eigenvalue weighted by Gasteiger charge is -2.55. The van der Waals surface area contributed by atoms with Gasteiger partial charge in [-0.1, -0.05) is 124 Å². The number of carbonyl (C=O) groups excluding carboxylic acids is 1. The van der Waals surface area contributed by atoms with E-state index in [9.17, 15) is 4.79 Å². The third-order valence-electron chi connectivity index (χ3n) is 11.1. The fourth-order valence-electron chi connectivity index (χ4n) is 8.56. The molecule has 0 aromatic carbocycles. The minimum absolute atomic E-state index is 0.0494. The first kappa shape index (κ1) is 31.7. The second-order valence-electron chi connectivity index (χ2n) is 14.6. The van der Waals surface area contributed by atoms with Crippen molar-refractivity contribution in [3.63, 3.8) is 0 Å². The van der Waals surface area contributed by atoms with E-state index in [2.05, 4.69) is 47.6 Å². The van der Waals surface area contributed by atoms with Crippen LogP contribution in [0.2, 0.25) is 0 Å². The number of fused-ring (bicyclic) bond motifs is 3. The van der Waals surface area contributed by atoms with Crippen molar-refractivity contribution < 1.29 is 9.53 Å². The van der Waals surface area contributed by atoms with E-state index in [0.717, 1.165) is 54.8 Å². The molecule has 3 aliphatic carbocycles. The van der Waals surface area contributed by atoms with E-state index < -0.39 is 0 Å². The lowest BCUT2D eigenvalue weighted by molar-refractivity contribution is -0.151. The van der Waals surface area contributed by atoms with Crippen molar-refractivity contribution in [3.8, 4) is 0 Å². The molecular weight excluding hydrogens is 464 g/mol. The van der Waals surface area contributed by atoms with E-state index in [4.69, 9.17) is 4.74 Å². The van der Waals surface area contributed by atoms with Gasteiger partial charge in [-0.3, -0.25) is 4.79 Å². The Morgan fingerprint density at radius 2 is 1.71 bits per heavy atom. The van der Waals surface area contributed by atoms with Crippen LogP contribution in [0.3, 0.4) is 0 Å². The molecule has 7 atom stereocenters. The molecule has 2 saturated carbocycles. The van der Waals surface area contributed by atoms with Gasteiger partial charge in [0.2, 0.25) is 0 Å². The fraction of sp³-hybridized carbons (Fsp3) is 0.917. The molecule has 0 spiro atoms. The number of rotatable bonds is 16. The third kappa shape index (κ3) is 9.12. The molecule has 0 amide bonds. The largest absolute Gasteiger partial charge is 0.462 e. The van der Waals surface area contributed by atoms with Crippen molar-refractivity contribution in [1.82, 2.24) is 0 Å². The first-order valence-corrected chi connectivity index (χ1v) is 17.1. The van der Waals surface area contributed by atoms with Gasteiger partial charge >= 0.3 is 5.97 Å². The van der Waals surface area contributed by atoms with Crippen LogP contribution in [-0.2, 0) is 9.53 Å². The molecule has 0 N–H and O–H groups in total. The van der Waals surface area contributed by atoms with Gasteiger partial charge in [0.15, 0.2) is 0 Å². The molecule has 0 radical (unpaired) electrons. The van der Waals surface area contributed by atoms with Crippen LogP contribution in [0.15, 0.2) is 11.6 Å². The Kier molecular flexibility index (Phi) is 13.2. The van der Waals surface area contributed by atoms with Gasteiger partial charge in [0.1, 0.15) is 6.10 Å². The molecule has 3 aliphatic rings. The van der Waals surface area contributed by atoms with Gasteiger partial charge in [-0.15, -0.1) is 0 Å². The summed E-state index contributed by atoms with van der Waals surface area (Å²) >= 11 is 0. The number of allylic oxidation sites excluding steroid dienone is 1. The average Bonchev–Trinajstić information content (AvgIpc) is 2.87. The van der Waals surface area contributed by atoms with Crippen LogP contribution in [0.4, 0.5) is 0 Å². The predicted octanol–water partition coefficient (Wildman–Crippen LogP) is 11.1. The second-order valence-corrected chi connectivity index (χ2v) is 14.6. The summed E-state index contributed by atoms with van der Waals surface area (Å²) in [5.41, 5.74) is 1.97. The highest BCUT2D eigenvalue weighted by atomic mass is 16.5. The summed E-state index contributed by atoms with van der Waals surface area (Å²) in [5, 5.41) is 0. The molecule has 0 heterocycles. The average molecular weight is 529 g/mol. The first-order valence-electron chi connectivity index (χ1n) is 17.1. The molecule has 2 heteroatoms. The summed E-state index contributed by atoms with van der Waals surface area (Å²) in [7, 11) is 0. The Balaban J connectivity index is 1.47. The Hall–Kier alpha value is -0.790.